The molecule has 1 aliphatic rings. The van der Waals surface area contributed by atoms with E-state index in [1.165, 1.54) is 0 Å². The van der Waals surface area contributed by atoms with Gasteiger partial charge in [-0.25, -0.2) is 0 Å². The Hall–Kier alpha value is -7.04. The highest BCUT2D eigenvalue weighted by molar-refractivity contribution is 6.04. The van der Waals surface area contributed by atoms with Gasteiger partial charge in [-0.15, -0.1) is 0 Å². The van der Waals surface area contributed by atoms with Crippen molar-refractivity contribution in [3.63, 3.8) is 0 Å². The van der Waals surface area contributed by atoms with E-state index in [4.69, 9.17) is 0 Å². The first-order valence-corrected chi connectivity index (χ1v) is 17.7. The van der Waals surface area contributed by atoms with Crippen molar-refractivity contribution in [1.29, 1.82) is 0 Å². The van der Waals surface area contributed by atoms with Gasteiger partial charge < -0.3 is 19.9 Å². The molecule has 0 aliphatic carbocycles. The Morgan fingerprint density at radius 3 is 0.904 bits per heavy atom. The fourth-order valence-electron chi connectivity index (χ4n) is 7.83. The van der Waals surface area contributed by atoms with Gasteiger partial charge in [0, 0.05) is 65.8 Å². The molecule has 0 fully saturated rings. The molecule has 9 aromatic rings. The Balaban J connectivity index is 1.43. The number of aromatic nitrogens is 4. The van der Waals surface area contributed by atoms with Crippen LogP contribution in [-0.2, 0) is 0 Å². The van der Waals surface area contributed by atoms with Gasteiger partial charge in [0.2, 0.25) is 0 Å². The Labute approximate surface area is 300 Å². The van der Waals surface area contributed by atoms with Gasteiger partial charge in [0.1, 0.15) is 0 Å². The summed E-state index contributed by atoms with van der Waals surface area (Å²) in [6, 6.07) is 64.7. The van der Waals surface area contributed by atoms with Crippen molar-refractivity contribution in [3.05, 3.63) is 248 Å². The van der Waals surface area contributed by atoms with Crippen LogP contribution >= 0.6 is 0 Å². The van der Waals surface area contributed by atoms with Crippen LogP contribution in [0, 0.1) is 0 Å². The largest absolute Gasteiger partial charge is 0.354 e. The number of hydrogen-bond donors (Lipinski definition) is 4. The number of rotatable bonds is 4. The maximum absolute atomic E-state index is 4.02. The predicted molar refractivity (Wildman–Crippen MR) is 211 cm³/mol. The highest BCUT2D eigenvalue weighted by atomic mass is 14.8. The minimum absolute atomic E-state index is 1.03. The molecule has 4 N–H and O–H groups in total. The Morgan fingerprint density at radius 2 is 0.538 bits per heavy atom. The second-order valence-electron chi connectivity index (χ2n) is 13.2. The van der Waals surface area contributed by atoms with E-state index < -0.39 is 0 Å². The van der Waals surface area contributed by atoms with Gasteiger partial charge in [0.25, 0.3) is 0 Å². The summed E-state index contributed by atoms with van der Waals surface area (Å²) in [5, 5.41) is 6.46. The van der Waals surface area contributed by atoms with Crippen molar-refractivity contribution >= 4 is 33.1 Å². The van der Waals surface area contributed by atoms with Crippen molar-refractivity contribution in [3.8, 4) is 0 Å². The molecule has 4 heteroatoms. The van der Waals surface area contributed by atoms with E-state index in [9.17, 15) is 0 Å². The molecule has 0 atom stereocenters. The number of aromatic amines is 4. The van der Waals surface area contributed by atoms with Crippen molar-refractivity contribution in [1.82, 2.24) is 19.9 Å². The smallest absolute Gasteiger partial charge is 0.0565 e. The molecular formula is C48H34N4. The molecular weight excluding hydrogens is 633 g/mol. The van der Waals surface area contributed by atoms with Crippen LogP contribution < -0.4 is 21.4 Å². The number of H-pyrrole nitrogens is 4. The molecule has 246 valence electrons. The van der Waals surface area contributed by atoms with E-state index >= 15 is 0 Å². The van der Waals surface area contributed by atoms with Crippen LogP contribution in [0.15, 0.2) is 182 Å². The summed E-state index contributed by atoms with van der Waals surface area (Å²) in [6.45, 7) is 0. The third kappa shape index (κ3) is 5.00. The molecule has 0 radical (unpaired) electrons. The van der Waals surface area contributed by atoms with E-state index in [0.29, 0.717) is 0 Å². The molecule has 0 saturated heterocycles. The minimum Gasteiger partial charge on any atom is -0.354 e. The van der Waals surface area contributed by atoms with E-state index in [1.807, 2.05) is 0 Å². The fraction of sp³-hybridized carbons (Fsp3) is 0. The molecule has 4 aromatic heterocycles. The van der Waals surface area contributed by atoms with Gasteiger partial charge >= 0.3 is 0 Å². The molecule has 0 unspecified atom stereocenters. The maximum Gasteiger partial charge on any atom is 0.0565 e. The van der Waals surface area contributed by atoms with Crippen LogP contribution in [0.25, 0.3) is 33.1 Å². The number of benzene rings is 5. The van der Waals surface area contributed by atoms with Gasteiger partial charge in [-0.05, 0) is 58.7 Å². The summed E-state index contributed by atoms with van der Waals surface area (Å²) in [5.41, 5.74) is 13.2. The lowest BCUT2D eigenvalue weighted by Gasteiger charge is -2.10. The molecule has 4 nitrogen and oxygen atoms in total. The van der Waals surface area contributed by atoms with Crippen LogP contribution in [-0.4, -0.2) is 19.9 Å². The van der Waals surface area contributed by atoms with Gasteiger partial charge in [0.15, 0.2) is 0 Å². The summed E-state index contributed by atoms with van der Waals surface area (Å²) in [7, 11) is 0. The molecule has 5 aromatic carbocycles. The lowest BCUT2D eigenvalue weighted by atomic mass is 9.98. The fourth-order valence-corrected chi connectivity index (χ4v) is 7.83. The van der Waals surface area contributed by atoms with Crippen molar-refractivity contribution in [2.45, 2.75) is 0 Å². The van der Waals surface area contributed by atoms with Crippen LogP contribution in [0.1, 0.15) is 45.0 Å². The average molecular weight is 667 g/mol. The lowest BCUT2D eigenvalue weighted by Crippen LogP contribution is -2.19. The SMILES string of the molecule is c1ccc(C2=c3ccc([nH]3)=C(c3ccccc3)c3[nH]c(c4ccccc34)C(c3ccccc3)=c3ccc([nH]3)=C(c3ccccc3)c3ccc2[nH]3)cc1. The molecule has 1 aliphatic heterocycles. The molecule has 5 heterocycles. The quantitative estimate of drug-likeness (QED) is 0.151. The summed E-state index contributed by atoms with van der Waals surface area (Å²) < 4.78 is 0. The second kappa shape index (κ2) is 12.4. The molecule has 52 heavy (non-hydrogen) atoms. The van der Waals surface area contributed by atoms with Gasteiger partial charge in [-0.1, -0.05) is 146 Å². The number of fused-ring (bicyclic) bond motifs is 11. The summed E-state index contributed by atoms with van der Waals surface area (Å²) in [5.74, 6) is 0. The maximum atomic E-state index is 4.02. The molecule has 10 rings (SSSR count). The molecule has 0 spiro atoms. The standard InChI is InChI=1S/C48H34N4/c1-5-15-31(16-6-1)43-37-25-26-38(49-37)44(32-17-7-2-8-18-32)40-28-30-42(51-40)46(34-21-11-4-12-22-34)48-36-24-14-13-23-35(36)47(52-48)45(33-19-9-3-10-20-33)41-29-27-39(43)50-41/h1-30,49-52H. The number of nitrogens with one attached hydrogen (secondary N) is 4. The second-order valence-corrected chi connectivity index (χ2v) is 13.2. The lowest BCUT2D eigenvalue weighted by molar-refractivity contribution is 1.19. The van der Waals surface area contributed by atoms with Gasteiger partial charge in [0.05, 0.1) is 11.4 Å². The number of hydrogen-bond acceptors (Lipinski definition) is 0. The Kier molecular flexibility index (Phi) is 7.10. The highest BCUT2D eigenvalue weighted by Gasteiger charge is 2.21. The summed E-state index contributed by atoms with van der Waals surface area (Å²) in [6.07, 6.45) is 0. The molecule has 0 saturated carbocycles. The predicted octanol–water partition coefficient (Wildman–Crippen LogP) is 7.45. The first-order valence-electron chi connectivity index (χ1n) is 17.7. The Morgan fingerprint density at radius 1 is 0.231 bits per heavy atom. The van der Waals surface area contributed by atoms with Crippen LogP contribution in [0.5, 0.6) is 0 Å². The van der Waals surface area contributed by atoms with Gasteiger partial charge in [-0.3, -0.25) is 0 Å². The first kappa shape index (κ1) is 29.8. The molecule has 0 amide bonds. The Bertz CT molecular complexity index is 2770. The zero-order valence-corrected chi connectivity index (χ0v) is 28.3. The minimum atomic E-state index is 1.03. The highest BCUT2D eigenvalue weighted by Crippen LogP contribution is 2.35. The topological polar surface area (TPSA) is 63.2 Å². The first-order chi connectivity index (χ1) is 25.8. The van der Waals surface area contributed by atoms with Crippen molar-refractivity contribution < 1.29 is 0 Å². The van der Waals surface area contributed by atoms with E-state index in [-0.39, 0.29) is 0 Å². The van der Waals surface area contributed by atoms with Crippen LogP contribution in [0.3, 0.4) is 0 Å². The summed E-state index contributed by atoms with van der Waals surface area (Å²) >= 11 is 0. The van der Waals surface area contributed by atoms with Gasteiger partial charge in [-0.2, -0.15) is 0 Å². The normalized spacial score (nSPS) is 12.8. The molecule has 8 bridgehead atoms. The third-order valence-corrected chi connectivity index (χ3v) is 10.1. The van der Waals surface area contributed by atoms with Crippen LogP contribution in [0.2, 0.25) is 0 Å². The van der Waals surface area contributed by atoms with E-state index in [0.717, 1.165) is 99.5 Å². The monoisotopic (exact) mass is 666 g/mol. The zero-order chi connectivity index (χ0) is 34.4. The van der Waals surface area contributed by atoms with Crippen LogP contribution in [0.4, 0.5) is 0 Å². The third-order valence-electron chi connectivity index (χ3n) is 10.1. The zero-order valence-electron chi connectivity index (χ0n) is 28.3. The van der Waals surface area contributed by atoms with E-state index in [1.54, 1.807) is 0 Å². The van der Waals surface area contributed by atoms with Crippen molar-refractivity contribution in [2.24, 2.45) is 0 Å². The summed E-state index contributed by atoms with van der Waals surface area (Å²) in [4.78, 5) is 15.7. The average Bonchev–Trinajstić information content (AvgIpc) is 4.04. The van der Waals surface area contributed by atoms with Crippen molar-refractivity contribution in [2.75, 3.05) is 0 Å². The van der Waals surface area contributed by atoms with E-state index in [2.05, 4.69) is 202 Å².